The van der Waals surface area contributed by atoms with E-state index in [1.807, 2.05) is 0 Å². The molecule has 0 amide bonds. The van der Waals surface area contributed by atoms with E-state index < -0.39 is 10.0 Å². The monoisotopic (exact) mass is 439 g/mol. The third-order valence-electron chi connectivity index (χ3n) is 2.61. The van der Waals surface area contributed by atoms with Crippen LogP contribution in [0.25, 0.3) is 0 Å². The average molecular weight is 441 g/mol. The van der Waals surface area contributed by atoms with E-state index in [-0.39, 0.29) is 10.8 Å². The largest absolute Gasteiger partial charge is 0.391 e. The second-order valence-corrected chi connectivity index (χ2v) is 8.79. The van der Waals surface area contributed by atoms with Gasteiger partial charge in [0, 0.05) is 13.8 Å². The van der Waals surface area contributed by atoms with Crippen molar-refractivity contribution < 1.29 is 13.5 Å². The van der Waals surface area contributed by atoms with Crippen LogP contribution in [0.2, 0.25) is 0 Å². The summed E-state index contributed by atoms with van der Waals surface area (Å²) in [4.78, 5) is 0.650. The van der Waals surface area contributed by atoms with Crippen molar-refractivity contribution in [1.82, 2.24) is 0 Å². The fourth-order valence-corrected chi connectivity index (χ4v) is 5.57. The number of nitrogens with one attached hydrogen (secondary N) is 1. The van der Waals surface area contributed by atoms with E-state index in [2.05, 4.69) is 36.6 Å². The first-order valence-electron chi connectivity index (χ1n) is 5.52. The number of anilines is 1. The van der Waals surface area contributed by atoms with E-state index in [1.165, 1.54) is 0 Å². The van der Waals surface area contributed by atoms with Crippen LogP contribution in [0.5, 0.6) is 0 Å². The van der Waals surface area contributed by atoms with Crippen LogP contribution in [0.15, 0.2) is 37.4 Å². The van der Waals surface area contributed by atoms with E-state index in [0.717, 1.165) is 16.9 Å². The van der Waals surface area contributed by atoms with Crippen molar-refractivity contribution in [3.8, 4) is 0 Å². The highest BCUT2D eigenvalue weighted by Crippen LogP contribution is 2.34. The van der Waals surface area contributed by atoms with Crippen LogP contribution < -0.4 is 4.72 Å². The van der Waals surface area contributed by atoms with Crippen molar-refractivity contribution in [3.63, 3.8) is 0 Å². The second-order valence-electron chi connectivity index (χ2n) is 4.03. The van der Waals surface area contributed by atoms with Crippen LogP contribution in [-0.2, 0) is 16.6 Å². The summed E-state index contributed by atoms with van der Waals surface area (Å²) in [5, 5.41) is 9.16. The molecule has 0 atom stereocenters. The highest BCUT2D eigenvalue weighted by atomic mass is 79.9. The highest BCUT2D eigenvalue weighted by molar-refractivity contribution is 9.11. The summed E-state index contributed by atoms with van der Waals surface area (Å²) in [7, 11) is -3.67. The fourth-order valence-electron chi connectivity index (χ4n) is 1.56. The summed E-state index contributed by atoms with van der Waals surface area (Å²) in [5.74, 6) is 0. The Morgan fingerprint density at radius 1 is 1.30 bits per heavy atom. The van der Waals surface area contributed by atoms with E-state index in [9.17, 15) is 8.42 Å². The molecule has 2 N–H and O–H groups in total. The predicted molar refractivity (Wildman–Crippen MR) is 87.6 cm³/mol. The van der Waals surface area contributed by atoms with Crippen LogP contribution in [0.3, 0.4) is 0 Å². The first-order chi connectivity index (χ1) is 9.35. The van der Waals surface area contributed by atoms with Gasteiger partial charge >= 0.3 is 0 Å². The van der Waals surface area contributed by atoms with Crippen molar-refractivity contribution in [2.45, 2.75) is 17.7 Å². The molecule has 0 aliphatic rings. The van der Waals surface area contributed by atoms with Crippen LogP contribution >= 0.6 is 43.2 Å². The second kappa shape index (κ2) is 6.15. The van der Waals surface area contributed by atoms with Gasteiger partial charge < -0.3 is 5.11 Å². The lowest BCUT2D eigenvalue weighted by Crippen LogP contribution is -2.12. The summed E-state index contributed by atoms with van der Waals surface area (Å²) in [6.07, 6.45) is 0. The van der Waals surface area contributed by atoms with Crippen molar-refractivity contribution in [3.05, 3.63) is 43.7 Å². The molecule has 20 heavy (non-hydrogen) atoms. The van der Waals surface area contributed by atoms with Crippen LogP contribution in [0.1, 0.15) is 10.4 Å². The van der Waals surface area contributed by atoms with Crippen LogP contribution in [0, 0.1) is 6.92 Å². The zero-order valence-electron chi connectivity index (χ0n) is 10.4. The molecule has 2 aromatic rings. The smallest absolute Gasteiger partial charge is 0.271 e. The fraction of sp³-hybridized carbons (Fsp3) is 0.167. The Hall–Kier alpha value is -0.410. The number of aliphatic hydroxyl groups excluding tert-OH is 1. The van der Waals surface area contributed by atoms with Crippen LogP contribution in [-0.4, -0.2) is 13.5 Å². The normalized spacial score (nSPS) is 11.6. The van der Waals surface area contributed by atoms with Gasteiger partial charge in [0.2, 0.25) is 0 Å². The van der Waals surface area contributed by atoms with E-state index >= 15 is 0 Å². The number of benzene rings is 1. The van der Waals surface area contributed by atoms with E-state index in [0.29, 0.717) is 19.5 Å². The van der Waals surface area contributed by atoms with Gasteiger partial charge in [0.05, 0.1) is 12.3 Å². The molecular weight excluding hydrogens is 430 g/mol. The van der Waals surface area contributed by atoms with Crippen molar-refractivity contribution in [2.75, 3.05) is 4.72 Å². The lowest BCUT2D eigenvalue weighted by Gasteiger charge is -2.10. The quantitative estimate of drug-likeness (QED) is 0.758. The molecule has 0 unspecified atom stereocenters. The number of hydrogen-bond donors (Lipinski definition) is 2. The van der Waals surface area contributed by atoms with Gasteiger partial charge in [-0.15, -0.1) is 11.3 Å². The van der Waals surface area contributed by atoms with Gasteiger partial charge in [0.15, 0.2) is 0 Å². The molecule has 1 heterocycles. The average Bonchev–Trinajstić information content (AvgIpc) is 2.76. The van der Waals surface area contributed by atoms with Gasteiger partial charge in [-0.1, -0.05) is 6.07 Å². The zero-order chi connectivity index (χ0) is 14.9. The molecule has 2 rings (SSSR count). The number of aryl methyl sites for hydroxylation is 1. The number of halogens is 2. The van der Waals surface area contributed by atoms with E-state index in [1.54, 1.807) is 31.2 Å². The molecule has 0 radical (unpaired) electrons. The van der Waals surface area contributed by atoms with Crippen molar-refractivity contribution >= 4 is 58.9 Å². The molecule has 0 aliphatic carbocycles. The molecule has 4 nitrogen and oxygen atoms in total. The standard InChI is InChI=1S/C12H11Br2NO3S2/c1-7-5-11(19-10(7)6-16)20(17,18)15-12-8(13)3-2-4-9(12)14/h2-5,15-16H,6H2,1H3. The van der Waals surface area contributed by atoms with Crippen molar-refractivity contribution in [1.29, 1.82) is 0 Å². The Balaban J connectivity index is 2.41. The van der Waals surface area contributed by atoms with Gasteiger partial charge in [0.1, 0.15) is 4.21 Å². The van der Waals surface area contributed by atoms with Gasteiger partial charge in [-0.3, -0.25) is 4.72 Å². The maximum Gasteiger partial charge on any atom is 0.271 e. The Kier molecular flexibility index (Phi) is 4.91. The molecule has 0 spiro atoms. The summed E-state index contributed by atoms with van der Waals surface area (Å²) >= 11 is 7.69. The molecule has 0 aliphatic heterocycles. The van der Waals surface area contributed by atoms with E-state index in [4.69, 9.17) is 5.11 Å². The Bertz CT molecular complexity index is 721. The highest BCUT2D eigenvalue weighted by Gasteiger charge is 2.20. The van der Waals surface area contributed by atoms with Crippen LogP contribution in [0.4, 0.5) is 5.69 Å². The zero-order valence-corrected chi connectivity index (χ0v) is 15.2. The SMILES string of the molecule is Cc1cc(S(=O)(=O)Nc2c(Br)cccc2Br)sc1CO. The molecule has 0 saturated carbocycles. The third-order valence-corrected chi connectivity index (χ3v) is 6.97. The minimum Gasteiger partial charge on any atom is -0.391 e. The number of sulfonamides is 1. The van der Waals surface area contributed by atoms with Gasteiger partial charge in [-0.2, -0.15) is 0 Å². The number of thiophene rings is 1. The first-order valence-corrected chi connectivity index (χ1v) is 9.40. The van der Waals surface area contributed by atoms with Crippen molar-refractivity contribution in [2.24, 2.45) is 0 Å². The summed E-state index contributed by atoms with van der Waals surface area (Å²) in [6, 6.07) is 6.86. The molecule has 8 heteroatoms. The number of aliphatic hydroxyl groups is 1. The maximum atomic E-state index is 12.4. The topological polar surface area (TPSA) is 66.4 Å². The molecule has 1 aromatic carbocycles. The third kappa shape index (κ3) is 3.25. The number of hydrogen-bond acceptors (Lipinski definition) is 4. The Morgan fingerprint density at radius 2 is 1.90 bits per heavy atom. The number of para-hydroxylation sites is 1. The first kappa shape index (κ1) is 16.0. The number of rotatable bonds is 4. The molecule has 0 fully saturated rings. The molecule has 0 saturated heterocycles. The lowest BCUT2D eigenvalue weighted by molar-refractivity contribution is 0.285. The molecule has 108 valence electrons. The minimum atomic E-state index is -3.67. The summed E-state index contributed by atoms with van der Waals surface area (Å²) in [6.45, 7) is 1.61. The summed E-state index contributed by atoms with van der Waals surface area (Å²) < 4.78 is 28.7. The van der Waals surface area contributed by atoms with Gasteiger partial charge in [-0.25, -0.2) is 8.42 Å². The molecule has 0 bridgehead atoms. The predicted octanol–water partition coefficient (Wildman–Crippen LogP) is 3.87. The molecule has 1 aromatic heterocycles. The Morgan fingerprint density at radius 3 is 2.40 bits per heavy atom. The Labute approximate surface area is 138 Å². The van der Waals surface area contributed by atoms with Gasteiger partial charge in [-0.05, 0) is 62.5 Å². The summed E-state index contributed by atoms with van der Waals surface area (Å²) in [5.41, 5.74) is 1.22. The minimum absolute atomic E-state index is 0.162. The maximum absolute atomic E-state index is 12.4. The lowest BCUT2D eigenvalue weighted by atomic mass is 10.3. The molecular formula is C12H11Br2NO3S2. The van der Waals surface area contributed by atoms with Gasteiger partial charge in [0.25, 0.3) is 10.0 Å².